The molecular formula is C11H22S. The maximum absolute atomic E-state index is 4.33. The maximum atomic E-state index is 4.33. The predicted molar refractivity (Wildman–Crippen MR) is 60.6 cm³/mol. The summed E-state index contributed by atoms with van der Waals surface area (Å²) in [5.74, 6) is 0. The third kappa shape index (κ3) is 3.66. The second-order valence-electron chi connectivity index (χ2n) is 5.03. The fraction of sp³-hybridized carbons (Fsp3) is 0.818. The molecule has 0 amide bonds. The van der Waals surface area contributed by atoms with E-state index in [1.165, 1.54) is 6.42 Å². The van der Waals surface area contributed by atoms with Gasteiger partial charge in [-0.3, -0.25) is 0 Å². The van der Waals surface area contributed by atoms with Crippen LogP contribution in [0.2, 0.25) is 0 Å². The van der Waals surface area contributed by atoms with Crippen LogP contribution in [0.4, 0.5) is 0 Å². The van der Waals surface area contributed by atoms with Gasteiger partial charge in [0.2, 0.25) is 0 Å². The van der Waals surface area contributed by atoms with Crippen molar-refractivity contribution in [2.24, 2.45) is 10.8 Å². The average molecular weight is 186 g/mol. The summed E-state index contributed by atoms with van der Waals surface area (Å²) in [6.45, 7) is 15.2. The van der Waals surface area contributed by atoms with Gasteiger partial charge in [0.1, 0.15) is 0 Å². The first kappa shape index (κ1) is 12.1. The van der Waals surface area contributed by atoms with E-state index >= 15 is 0 Å². The summed E-state index contributed by atoms with van der Waals surface area (Å²) >= 11 is 4.33. The van der Waals surface area contributed by atoms with E-state index in [1.54, 1.807) is 0 Å². The van der Waals surface area contributed by atoms with Crippen molar-refractivity contribution in [3.8, 4) is 0 Å². The third-order valence-electron chi connectivity index (χ3n) is 2.66. The zero-order valence-corrected chi connectivity index (χ0v) is 9.96. The lowest BCUT2D eigenvalue weighted by Gasteiger charge is -2.34. The van der Waals surface area contributed by atoms with E-state index in [0.717, 1.165) is 11.3 Å². The Balaban J connectivity index is 4.34. The number of thiol groups is 1. The normalized spacial score (nSPS) is 13.2. The molecule has 0 spiro atoms. The molecule has 12 heavy (non-hydrogen) atoms. The van der Waals surface area contributed by atoms with Crippen molar-refractivity contribution in [3.05, 3.63) is 11.5 Å². The van der Waals surface area contributed by atoms with E-state index < -0.39 is 0 Å². The molecule has 0 fully saturated rings. The smallest absolute Gasteiger partial charge is 0.00471 e. The Morgan fingerprint density at radius 3 is 1.92 bits per heavy atom. The minimum absolute atomic E-state index is 0.155. The second-order valence-corrected chi connectivity index (χ2v) is 5.56. The molecule has 0 nitrogen and oxygen atoms in total. The van der Waals surface area contributed by atoms with Crippen LogP contribution in [0.15, 0.2) is 11.5 Å². The van der Waals surface area contributed by atoms with Gasteiger partial charge in [-0.2, -0.15) is 0 Å². The monoisotopic (exact) mass is 186 g/mol. The minimum Gasteiger partial charge on any atom is -0.148 e. The molecule has 0 aromatic rings. The molecule has 0 bridgehead atoms. The molecule has 0 aromatic carbocycles. The lowest BCUT2D eigenvalue weighted by Crippen LogP contribution is -2.22. The summed E-state index contributed by atoms with van der Waals surface area (Å²) in [4.78, 5) is 0.990. The quantitative estimate of drug-likeness (QED) is 0.622. The molecule has 72 valence electrons. The Morgan fingerprint density at radius 1 is 1.25 bits per heavy atom. The van der Waals surface area contributed by atoms with Gasteiger partial charge < -0.3 is 0 Å². The highest BCUT2D eigenvalue weighted by Crippen LogP contribution is 2.41. The molecule has 0 aliphatic carbocycles. The van der Waals surface area contributed by atoms with Gasteiger partial charge in [0, 0.05) is 0 Å². The van der Waals surface area contributed by atoms with Crippen molar-refractivity contribution >= 4 is 12.6 Å². The van der Waals surface area contributed by atoms with Crippen LogP contribution in [0, 0.1) is 10.8 Å². The lowest BCUT2D eigenvalue weighted by atomic mass is 9.74. The highest BCUT2D eigenvalue weighted by atomic mass is 32.1. The Hall–Kier alpha value is 0.0900. The Morgan fingerprint density at radius 2 is 1.67 bits per heavy atom. The molecule has 0 heterocycles. The topological polar surface area (TPSA) is 0 Å². The molecule has 0 radical (unpaired) electrons. The Kier molecular flexibility index (Phi) is 3.89. The summed E-state index contributed by atoms with van der Waals surface area (Å²) in [7, 11) is 0. The van der Waals surface area contributed by atoms with Crippen molar-refractivity contribution in [1.82, 2.24) is 0 Å². The van der Waals surface area contributed by atoms with E-state index in [-0.39, 0.29) is 5.41 Å². The number of rotatable bonds is 4. The molecule has 0 unspecified atom stereocenters. The predicted octanol–water partition coefficient (Wildman–Crippen LogP) is 4.28. The first-order valence-corrected chi connectivity index (χ1v) is 5.04. The van der Waals surface area contributed by atoms with Gasteiger partial charge in [-0.15, -0.1) is 12.6 Å². The van der Waals surface area contributed by atoms with E-state index in [2.05, 4.69) is 53.8 Å². The van der Waals surface area contributed by atoms with Gasteiger partial charge in [0.25, 0.3) is 0 Å². The standard InChI is InChI=1S/C11H22S/c1-7-10(3,4)8-11(5,6)9(2)12/h12H,2,7-8H2,1,3-6H3. The van der Waals surface area contributed by atoms with E-state index in [0.29, 0.717) is 5.41 Å². The fourth-order valence-corrected chi connectivity index (χ4v) is 1.50. The SMILES string of the molecule is C=C(S)C(C)(C)CC(C)(C)CC. The fourth-order valence-electron chi connectivity index (χ4n) is 1.42. The zero-order chi connectivity index (χ0) is 9.99. The highest BCUT2D eigenvalue weighted by Gasteiger charge is 2.28. The van der Waals surface area contributed by atoms with Crippen molar-refractivity contribution in [1.29, 1.82) is 0 Å². The summed E-state index contributed by atoms with van der Waals surface area (Å²) < 4.78 is 0. The Bertz CT molecular complexity index is 166. The Labute approximate surface area is 82.9 Å². The van der Waals surface area contributed by atoms with Crippen molar-refractivity contribution in [3.63, 3.8) is 0 Å². The van der Waals surface area contributed by atoms with Crippen molar-refractivity contribution in [2.75, 3.05) is 0 Å². The molecule has 1 heteroatoms. The maximum Gasteiger partial charge on any atom is -0.00471 e. The average Bonchev–Trinajstić information content (AvgIpc) is 1.85. The number of hydrogen-bond acceptors (Lipinski definition) is 1. The van der Waals surface area contributed by atoms with Crippen LogP contribution in [0.3, 0.4) is 0 Å². The summed E-state index contributed by atoms with van der Waals surface area (Å²) in [5, 5.41) is 0. The van der Waals surface area contributed by atoms with Gasteiger partial charge in [-0.05, 0) is 22.2 Å². The molecule has 0 saturated carbocycles. The largest absolute Gasteiger partial charge is 0.148 e. The zero-order valence-electron chi connectivity index (χ0n) is 9.07. The van der Waals surface area contributed by atoms with Crippen LogP contribution < -0.4 is 0 Å². The van der Waals surface area contributed by atoms with E-state index in [1.807, 2.05) is 0 Å². The highest BCUT2D eigenvalue weighted by molar-refractivity contribution is 7.84. The molecule has 0 rings (SSSR count). The van der Waals surface area contributed by atoms with E-state index in [9.17, 15) is 0 Å². The summed E-state index contributed by atoms with van der Waals surface area (Å²) in [5.41, 5.74) is 0.553. The van der Waals surface area contributed by atoms with Crippen LogP contribution >= 0.6 is 12.6 Å². The van der Waals surface area contributed by atoms with Crippen LogP contribution in [0.5, 0.6) is 0 Å². The van der Waals surface area contributed by atoms with Crippen LogP contribution in [-0.4, -0.2) is 0 Å². The van der Waals surface area contributed by atoms with Gasteiger partial charge in [-0.25, -0.2) is 0 Å². The molecule has 0 saturated heterocycles. The molecule has 0 atom stereocenters. The summed E-state index contributed by atoms with van der Waals surface area (Å²) in [6, 6.07) is 0. The molecule has 0 aliphatic heterocycles. The van der Waals surface area contributed by atoms with Gasteiger partial charge in [0.15, 0.2) is 0 Å². The van der Waals surface area contributed by atoms with Crippen molar-refractivity contribution in [2.45, 2.75) is 47.5 Å². The first-order chi connectivity index (χ1) is 5.21. The van der Waals surface area contributed by atoms with Gasteiger partial charge in [-0.1, -0.05) is 47.6 Å². The molecule has 0 aromatic heterocycles. The summed E-state index contributed by atoms with van der Waals surface area (Å²) in [6.07, 6.45) is 2.36. The molecule has 0 N–H and O–H groups in total. The molecular weight excluding hydrogens is 164 g/mol. The van der Waals surface area contributed by atoms with Gasteiger partial charge in [0.05, 0.1) is 0 Å². The van der Waals surface area contributed by atoms with Crippen LogP contribution in [-0.2, 0) is 0 Å². The number of hydrogen-bond donors (Lipinski definition) is 1. The van der Waals surface area contributed by atoms with E-state index in [4.69, 9.17) is 0 Å². The van der Waals surface area contributed by atoms with Crippen molar-refractivity contribution < 1.29 is 0 Å². The third-order valence-corrected chi connectivity index (χ3v) is 3.26. The number of allylic oxidation sites excluding steroid dienone is 1. The molecule has 0 aliphatic rings. The minimum atomic E-state index is 0.155. The van der Waals surface area contributed by atoms with Gasteiger partial charge >= 0.3 is 0 Å². The second kappa shape index (κ2) is 3.87. The lowest BCUT2D eigenvalue weighted by molar-refractivity contribution is 0.227. The van der Waals surface area contributed by atoms with Crippen LogP contribution in [0.25, 0.3) is 0 Å². The first-order valence-electron chi connectivity index (χ1n) is 4.59. The van der Waals surface area contributed by atoms with Crippen LogP contribution in [0.1, 0.15) is 47.5 Å².